The van der Waals surface area contributed by atoms with E-state index in [1.165, 1.54) is 6.20 Å². The Kier molecular flexibility index (Phi) is 2.17. The van der Waals surface area contributed by atoms with Crippen LogP contribution in [0.25, 0.3) is 15.5 Å². The van der Waals surface area contributed by atoms with Crippen LogP contribution < -0.4 is 0 Å². The average Bonchev–Trinajstić information content (AvgIpc) is 2.87. The Hall–Kier alpha value is -1.97. The molecule has 10 heteroatoms. The number of hydrogen-bond acceptors (Lipinski definition) is 6. The van der Waals surface area contributed by atoms with Crippen LogP contribution in [-0.2, 0) is 6.18 Å². The van der Waals surface area contributed by atoms with Gasteiger partial charge in [-0.25, -0.2) is 0 Å². The van der Waals surface area contributed by atoms with E-state index in [-0.39, 0.29) is 4.96 Å². The van der Waals surface area contributed by atoms with E-state index in [1.54, 1.807) is 6.92 Å². The molecule has 0 amide bonds. The van der Waals surface area contributed by atoms with Crippen molar-refractivity contribution < 1.29 is 17.7 Å². The van der Waals surface area contributed by atoms with Gasteiger partial charge in [-0.2, -0.15) is 22.8 Å². The van der Waals surface area contributed by atoms with E-state index in [1.807, 2.05) is 0 Å². The third kappa shape index (κ3) is 1.56. The molecule has 0 fully saturated rings. The van der Waals surface area contributed by atoms with Crippen molar-refractivity contribution in [3.05, 3.63) is 17.8 Å². The number of nitrogens with zero attached hydrogens (tertiary/aromatic N) is 5. The van der Waals surface area contributed by atoms with Gasteiger partial charge in [0, 0.05) is 0 Å². The molecule has 0 spiro atoms. The molecule has 18 heavy (non-hydrogen) atoms. The molecule has 0 radical (unpaired) electrons. The third-order valence-corrected chi connectivity index (χ3v) is 3.16. The highest BCUT2D eigenvalue weighted by Crippen LogP contribution is 2.32. The molecule has 0 unspecified atom stereocenters. The SMILES string of the molecule is Cc1oncc1-c1nn2c(C(F)(F)F)nnc2s1. The molecule has 0 bridgehead atoms. The zero-order chi connectivity index (χ0) is 12.9. The first-order valence-corrected chi connectivity index (χ1v) is 5.49. The zero-order valence-corrected chi connectivity index (χ0v) is 9.58. The Balaban J connectivity index is 2.19. The van der Waals surface area contributed by atoms with E-state index < -0.39 is 12.0 Å². The Morgan fingerprint density at radius 2 is 2.11 bits per heavy atom. The molecule has 0 saturated heterocycles. The van der Waals surface area contributed by atoms with Crippen molar-refractivity contribution in [3.63, 3.8) is 0 Å². The largest absolute Gasteiger partial charge is 0.453 e. The predicted octanol–water partition coefficient (Wildman–Crippen LogP) is 2.17. The lowest BCUT2D eigenvalue weighted by Gasteiger charge is -1.99. The van der Waals surface area contributed by atoms with Gasteiger partial charge in [0.05, 0.1) is 11.8 Å². The van der Waals surface area contributed by atoms with Crippen LogP contribution in [-0.4, -0.2) is 25.0 Å². The first kappa shape index (κ1) is 11.1. The van der Waals surface area contributed by atoms with E-state index in [9.17, 15) is 13.2 Å². The van der Waals surface area contributed by atoms with Crippen molar-refractivity contribution in [2.45, 2.75) is 13.1 Å². The third-order valence-electron chi connectivity index (χ3n) is 2.23. The minimum absolute atomic E-state index is 0.0675. The van der Waals surface area contributed by atoms with Gasteiger partial charge in [-0.1, -0.05) is 16.5 Å². The molecule has 94 valence electrons. The number of halogens is 3. The topological polar surface area (TPSA) is 69.1 Å². The fraction of sp³-hybridized carbons (Fsp3) is 0.250. The molecule has 0 N–H and O–H groups in total. The molecule has 0 atom stereocenters. The van der Waals surface area contributed by atoms with Crippen molar-refractivity contribution >= 4 is 16.3 Å². The number of rotatable bonds is 1. The Morgan fingerprint density at radius 3 is 2.72 bits per heavy atom. The number of alkyl halides is 3. The molecule has 0 aromatic carbocycles. The van der Waals surface area contributed by atoms with Gasteiger partial charge in [0.25, 0.3) is 5.82 Å². The van der Waals surface area contributed by atoms with Crippen molar-refractivity contribution in [3.8, 4) is 10.6 Å². The van der Waals surface area contributed by atoms with Gasteiger partial charge in [-0.3, -0.25) is 0 Å². The van der Waals surface area contributed by atoms with E-state index in [0.717, 1.165) is 11.3 Å². The minimum Gasteiger partial charge on any atom is -0.361 e. The average molecular weight is 275 g/mol. The highest BCUT2D eigenvalue weighted by molar-refractivity contribution is 7.19. The van der Waals surface area contributed by atoms with Crippen molar-refractivity contribution in [2.75, 3.05) is 0 Å². The number of aromatic nitrogens is 5. The monoisotopic (exact) mass is 275 g/mol. The van der Waals surface area contributed by atoms with Crippen LogP contribution in [0.4, 0.5) is 13.2 Å². The summed E-state index contributed by atoms with van der Waals surface area (Å²) in [6.45, 7) is 1.65. The summed E-state index contributed by atoms with van der Waals surface area (Å²) in [5.41, 5.74) is 0.540. The predicted molar refractivity (Wildman–Crippen MR) is 53.9 cm³/mol. The highest BCUT2D eigenvalue weighted by Gasteiger charge is 2.38. The maximum absolute atomic E-state index is 12.6. The summed E-state index contributed by atoms with van der Waals surface area (Å²) in [7, 11) is 0. The molecular weight excluding hydrogens is 271 g/mol. The van der Waals surface area contributed by atoms with Crippen LogP contribution in [0.5, 0.6) is 0 Å². The van der Waals surface area contributed by atoms with Crippen molar-refractivity contribution in [1.29, 1.82) is 0 Å². The van der Waals surface area contributed by atoms with Crippen LogP contribution in [0.15, 0.2) is 10.7 Å². The Labute approximate surface area is 101 Å². The van der Waals surface area contributed by atoms with Gasteiger partial charge in [0.2, 0.25) is 4.96 Å². The van der Waals surface area contributed by atoms with Gasteiger partial charge >= 0.3 is 6.18 Å². The smallest absolute Gasteiger partial charge is 0.361 e. The molecule has 0 aliphatic carbocycles. The van der Waals surface area contributed by atoms with E-state index >= 15 is 0 Å². The van der Waals surface area contributed by atoms with Crippen LogP contribution in [0, 0.1) is 6.92 Å². The first-order valence-electron chi connectivity index (χ1n) is 4.68. The van der Waals surface area contributed by atoms with Crippen LogP contribution in [0.1, 0.15) is 11.6 Å². The van der Waals surface area contributed by atoms with Gasteiger partial charge in [-0.05, 0) is 6.92 Å². The summed E-state index contributed by atoms with van der Waals surface area (Å²) in [4.78, 5) is 0.0675. The quantitative estimate of drug-likeness (QED) is 0.680. The number of aryl methyl sites for hydroxylation is 1. The summed E-state index contributed by atoms with van der Waals surface area (Å²) in [5, 5.41) is 14.2. The summed E-state index contributed by atoms with van der Waals surface area (Å²) in [6.07, 6.45) is -3.19. The molecule has 0 aliphatic rings. The van der Waals surface area contributed by atoms with E-state index in [4.69, 9.17) is 4.52 Å². The molecule has 3 heterocycles. The second-order valence-corrected chi connectivity index (χ2v) is 4.37. The van der Waals surface area contributed by atoms with Crippen LogP contribution in [0.2, 0.25) is 0 Å². The second kappa shape index (κ2) is 3.51. The zero-order valence-electron chi connectivity index (χ0n) is 8.76. The number of fused-ring (bicyclic) bond motifs is 1. The summed E-state index contributed by atoms with van der Waals surface area (Å²) < 4.78 is 43.3. The molecule has 3 rings (SSSR count). The fourth-order valence-corrected chi connectivity index (χ4v) is 2.30. The summed E-state index contributed by atoms with van der Waals surface area (Å²) in [5.74, 6) is -0.664. The molecule has 3 aromatic rings. The minimum atomic E-state index is -4.59. The lowest BCUT2D eigenvalue weighted by Crippen LogP contribution is -2.11. The first-order chi connectivity index (χ1) is 8.47. The van der Waals surface area contributed by atoms with Gasteiger partial charge in [0.1, 0.15) is 5.76 Å². The van der Waals surface area contributed by atoms with Crippen LogP contribution >= 0.6 is 11.3 Å². The lowest BCUT2D eigenvalue weighted by atomic mass is 10.3. The van der Waals surface area contributed by atoms with Crippen LogP contribution in [0.3, 0.4) is 0 Å². The van der Waals surface area contributed by atoms with E-state index in [0.29, 0.717) is 20.8 Å². The number of hydrogen-bond donors (Lipinski definition) is 0. The molecule has 3 aromatic heterocycles. The van der Waals surface area contributed by atoms with Gasteiger partial charge in [0.15, 0.2) is 5.01 Å². The Morgan fingerprint density at radius 1 is 1.33 bits per heavy atom. The highest BCUT2D eigenvalue weighted by atomic mass is 32.1. The second-order valence-electron chi connectivity index (χ2n) is 3.42. The maximum atomic E-state index is 12.6. The van der Waals surface area contributed by atoms with Crippen molar-refractivity contribution in [1.82, 2.24) is 25.0 Å². The lowest BCUT2D eigenvalue weighted by molar-refractivity contribution is -0.146. The summed E-state index contributed by atoms with van der Waals surface area (Å²) >= 11 is 0.984. The van der Waals surface area contributed by atoms with Gasteiger partial charge in [-0.15, -0.1) is 10.2 Å². The molecule has 6 nitrogen and oxygen atoms in total. The normalized spacial score (nSPS) is 12.4. The summed E-state index contributed by atoms with van der Waals surface area (Å²) in [6, 6.07) is 0. The molecule has 0 aliphatic heterocycles. The fourth-order valence-electron chi connectivity index (χ4n) is 1.41. The Bertz CT molecular complexity index is 712. The van der Waals surface area contributed by atoms with Gasteiger partial charge < -0.3 is 4.52 Å². The van der Waals surface area contributed by atoms with Crippen molar-refractivity contribution in [2.24, 2.45) is 0 Å². The molecule has 0 saturated carbocycles. The maximum Gasteiger partial charge on any atom is 0.453 e. The molecular formula is C8H4F3N5OS. The standard InChI is InChI=1S/C8H4F3N5OS/c1-3-4(2-12-17-3)5-15-16-6(8(9,10)11)13-14-7(16)18-5/h2H,1H3. The van der Waals surface area contributed by atoms with E-state index in [2.05, 4.69) is 20.5 Å².